The van der Waals surface area contributed by atoms with Gasteiger partial charge in [0.2, 0.25) is 15.9 Å². The number of nitrogens with zero attached hydrogens (tertiary/aromatic N) is 3. The number of hydrogen-bond donors (Lipinski definition) is 0. The number of carbonyl (C=O) groups is 1. The lowest BCUT2D eigenvalue weighted by Crippen LogP contribution is -2.53. The van der Waals surface area contributed by atoms with E-state index in [2.05, 4.69) is 0 Å². The first kappa shape index (κ1) is 19.3. The van der Waals surface area contributed by atoms with Gasteiger partial charge >= 0.3 is 0 Å². The minimum absolute atomic E-state index is 0.0850. The maximum Gasteiger partial charge on any atom is 0.245 e. The third-order valence-corrected chi connectivity index (χ3v) is 7.29. The SMILES string of the molecule is CSCCC(C(=O)N1CCN(S(=O)(=O)C(C)C)CC1)n1cccc1. The molecule has 0 saturated carbocycles. The van der Waals surface area contributed by atoms with Crippen LogP contribution in [0.15, 0.2) is 24.5 Å². The Balaban J connectivity index is 2.02. The maximum absolute atomic E-state index is 12.9. The zero-order valence-electron chi connectivity index (χ0n) is 14.6. The molecule has 8 heteroatoms. The van der Waals surface area contributed by atoms with E-state index in [1.807, 2.05) is 35.3 Å². The molecule has 24 heavy (non-hydrogen) atoms. The molecule has 1 aromatic heterocycles. The van der Waals surface area contributed by atoms with Crippen molar-refractivity contribution in [3.8, 4) is 0 Å². The largest absolute Gasteiger partial charge is 0.342 e. The van der Waals surface area contributed by atoms with Crippen molar-refractivity contribution in [3.63, 3.8) is 0 Å². The predicted octanol–water partition coefficient (Wildman–Crippen LogP) is 1.66. The lowest BCUT2D eigenvalue weighted by atomic mass is 10.1. The lowest BCUT2D eigenvalue weighted by Gasteiger charge is -2.36. The summed E-state index contributed by atoms with van der Waals surface area (Å²) in [6.07, 6.45) is 6.65. The molecule has 1 saturated heterocycles. The van der Waals surface area contributed by atoms with Crippen LogP contribution in [0.5, 0.6) is 0 Å². The summed E-state index contributed by atoms with van der Waals surface area (Å²) in [5.41, 5.74) is 0. The molecule has 0 spiro atoms. The summed E-state index contributed by atoms with van der Waals surface area (Å²) in [4.78, 5) is 14.7. The van der Waals surface area contributed by atoms with Crippen molar-refractivity contribution in [1.29, 1.82) is 0 Å². The number of amides is 1. The third kappa shape index (κ3) is 4.34. The van der Waals surface area contributed by atoms with E-state index < -0.39 is 15.3 Å². The van der Waals surface area contributed by atoms with Crippen LogP contribution in [0, 0.1) is 0 Å². The topological polar surface area (TPSA) is 62.6 Å². The molecule has 1 aliphatic rings. The van der Waals surface area contributed by atoms with E-state index in [-0.39, 0.29) is 11.9 Å². The van der Waals surface area contributed by atoms with Gasteiger partial charge in [0.25, 0.3) is 0 Å². The molecule has 1 fully saturated rings. The zero-order chi connectivity index (χ0) is 17.7. The van der Waals surface area contributed by atoms with Crippen molar-refractivity contribution in [1.82, 2.24) is 13.8 Å². The fourth-order valence-corrected chi connectivity index (χ4v) is 4.58. The minimum atomic E-state index is -3.24. The summed E-state index contributed by atoms with van der Waals surface area (Å²) >= 11 is 1.73. The van der Waals surface area contributed by atoms with E-state index >= 15 is 0 Å². The predicted molar refractivity (Wildman–Crippen MR) is 98.7 cm³/mol. The highest BCUT2D eigenvalue weighted by molar-refractivity contribution is 7.98. The first-order valence-corrected chi connectivity index (χ1v) is 11.2. The molecule has 1 unspecified atom stereocenters. The highest BCUT2D eigenvalue weighted by Crippen LogP contribution is 2.20. The van der Waals surface area contributed by atoms with Crippen molar-refractivity contribution >= 4 is 27.7 Å². The number of hydrogen-bond acceptors (Lipinski definition) is 4. The van der Waals surface area contributed by atoms with E-state index in [9.17, 15) is 13.2 Å². The van der Waals surface area contributed by atoms with Crippen LogP contribution in [0.1, 0.15) is 26.3 Å². The molecule has 0 bridgehead atoms. The third-order valence-electron chi connectivity index (χ3n) is 4.37. The summed E-state index contributed by atoms with van der Waals surface area (Å²) in [5, 5.41) is -0.422. The van der Waals surface area contributed by atoms with E-state index in [1.165, 1.54) is 4.31 Å². The molecule has 1 atom stereocenters. The van der Waals surface area contributed by atoms with Gasteiger partial charge in [0.15, 0.2) is 0 Å². The highest BCUT2D eigenvalue weighted by Gasteiger charge is 2.33. The fourth-order valence-electron chi connectivity index (χ4n) is 2.86. The number of rotatable bonds is 7. The lowest BCUT2D eigenvalue weighted by molar-refractivity contribution is -0.136. The summed E-state index contributed by atoms with van der Waals surface area (Å²) in [6, 6.07) is 3.64. The molecule has 1 amide bonds. The second kappa shape index (κ2) is 8.40. The van der Waals surface area contributed by atoms with E-state index in [1.54, 1.807) is 30.5 Å². The molecule has 0 aromatic carbocycles. The van der Waals surface area contributed by atoms with Gasteiger partial charge in [0.05, 0.1) is 5.25 Å². The molecule has 6 nitrogen and oxygen atoms in total. The summed E-state index contributed by atoms with van der Waals surface area (Å²) < 4.78 is 27.9. The first-order chi connectivity index (χ1) is 11.4. The quantitative estimate of drug-likeness (QED) is 0.729. The number of thioether (sulfide) groups is 1. The molecule has 1 aromatic rings. The van der Waals surface area contributed by atoms with Gasteiger partial charge in [-0.2, -0.15) is 16.1 Å². The van der Waals surface area contributed by atoms with Crippen LogP contribution in [0.3, 0.4) is 0 Å². The summed E-state index contributed by atoms with van der Waals surface area (Å²) in [6.45, 7) is 5.07. The molecule has 1 aliphatic heterocycles. The van der Waals surface area contributed by atoms with Crippen LogP contribution in [0.4, 0.5) is 0 Å². The number of sulfonamides is 1. The van der Waals surface area contributed by atoms with Gasteiger partial charge in [0.1, 0.15) is 6.04 Å². The van der Waals surface area contributed by atoms with Gasteiger partial charge in [-0.25, -0.2) is 8.42 Å². The van der Waals surface area contributed by atoms with Crippen molar-refractivity contribution in [3.05, 3.63) is 24.5 Å². The molecule has 0 N–H and O–H groups in total. The van der Waals surface area contributed by atoms with Crippen LogP contribution >= 0.6 is 11.8 Å². The van der Waals surface area contributed by atoms with Gasteiger partial charge in [-0.3, -0.25) is 4.79 Å². The number of carbonyl (C=O) groups excluding carboxylic acids is 1. The van der Waals surface area contributed by atoms with Gasteiger partial charge in [-0.15, -0.1) is 0 Å². The van der Waals surface area contributed by atoms with Gasteiger partial charge in [-0.1, -0.05) is 0 Å². The Morgan fingerprint density at radius 1 is 1.12 bits per heavy atom. The molecule has 0 radical (unpaired) electrons. The van der Waals surface area contributed by atoms with Crippen LogP contribution in [0.25, 0.3) is 0 Å². The smallest absolute Gasteiger partial charge is 0.245 e. The Morgan fingerprint density at radius 2 is 1.71 bits per heavy atom. The fraction of sp³-hybridized carbons (Fsp3) is 0.688. The van der Waals surface area contributed by atoms with Crippen LogP contribution in [0.2, 0.25) is 0 Å². The Morgan fingerprint density at radius 3 is 2.21 bits per heavy atom. The second-order valence-electron chi connectivity index (χ2n) is 6.25. The van der Waals surface area contributed by atoms with Gasteiger partial charge in [0, 0.05) is 38.6 Å². The highest BCUT2D eigenvalue weighted by atomic mass is 32.2. The van der Waals surface area contributed by atoms with Crippen LogP contribution < -0.4 is 0 Å². The Labute approximate surface area is 149 Å². The first-order valence-electron chi connectivity index (χ1n) is 8.27. The van der Waals surface area contributed by atoms with Crippen LogP contribution in [-0.4, -0.2) is 71.5 Å². The zero-order valence-corrected chi connectivity index (χ0v) is 16.2. The van der Waals surface area contributed by atoms with E-state index in [0.29, 0.717) is 26.2 Å². The molecule has 136 valence electrons. The minimum Gasteiger partial charge on any atom is -0.342 e. The normalized spacial score (nSPS) is 18.1. The van der Waals surface area contributed by atoms with Crippen molar-refractivity contribution in [2.75, 3.05) is 38.2 Å². The number of piperazine rings is 1. The Hall–Kier alpha value is -0.990. The van der Waals surface area contributed by atoms with Gasteiger partial charge < -0.3 is 9.47 Å². The molecular weight excluding hydrogens is 346 g/mol. The van der Waals surface area contributed by atoms with Crippen molar-refractivity contribution < 1.29 is 13.2 Å². The van der Waals surface area contributed by atoms with Crippen molar-refractivity contribution in [2.45, 2.75) is 31.6 Å². The molecular formula is C16H27N3O3S2. The standard InChI is InChI=1S/C16H27N3O3S2/c1-14(2)24(21,22)19-11-9-18(10-12-19)16(20)15(6-13-23-3)17-7-4-5-8-17/h4-5,7-8,14-15H,6,9-13H2,1-3H3. The second-order valence-corrected chi connectivity index (χ2v) is 9.72. The molecule has 2 rings (SSSR count). The van der Waals surface area contributed by atoms with E-state index in [4.69, 9.17) is 0 Å². The molecule has 0 aliphatic carbocycles. The van der Waals surface area contributed by atoms with Gasteiger partial charge in [-0.05, 0) is 44.4 Å². The van der Waals surface area contributed by atoms with Crippen LogP contribution in [-0.2, 0) is 14.8 Å². The molecule has 2 heterocycles. The Kier molecular flexibility index (Phi) is 6.77. The average molecular weight is 374 g/mol. The van der Waals surface area contributed by atoms with Crippen molar-refractivity contribution in [2.24, 2.45) is 0 Å². The summed E-state index contributed by atoms with van der Waals surface area (Å²) in [7, 11) is -3.24. The maximum atomic E-state index is 12.9. The average Bonchev–Trinajstić information content (AvgIpc) is 3.09. The monoisotopic (exact) mass is 373 g/mol. The summed E-state index contributed by atoms with van der Waals surface area (Å²) in [5.74, 6) is 0.998. The Bertz CT molecular complexity index is 621. The van der Waals surface area contributed by atoms with E-state index in [0.717, 1.165) is 12.2 Å². The number of aromatic nitrogens is 1.